The molecule has 5 aliphatic rings. The van der Waals surface area contributed by atoms with Gasteiger partial charge in [-0.1, -0.05) is 103 Å². The average Bonchev–Trinajstić information content (AvgIpc) is 1.69. The lowest BCUT2D eigenvalue weighted by Crippen LogP contribution is -2.60. The van der Waals surface area contributed by atoms with Gasteiger partial charge in [-0.3, -0.25) is 57.5 Å². The number of benzene rings is 1. The zero-order valence-electron chi connectivity index (χ0n) is 61.6. The summed E-state index contributed by atoms with van der Waals surface area (Å²) in [6.45, 7) is 8.52. The largest absolute Gasteiger partial charge is 0.417 e. The summed E-state index contributed by atoms with van der Waals surface area (Å²) in [5, 5.41) is 8.05. The van der Waals surface area contributed by atoms with Crippen LogP contribution < -0.4 is 16.0 Å². The summed E-state index contributed by atoms with van der Waals surface area (Å²) >= 11 is 6.12. The first-order chi connectivity index (χ1) is 47.8. The molecule has 0 spiro atoms. The van der Waals surface area contributed by atoms with E-state index in [2.05, 4.69) is 16.0 Å². The van der Waals surface area contributed by atoms with Crippen molar-refractivity contribution in [3.05, 3.63) is 34.3 Å². The molecule has 3 saturated heterocycles. The Bertz CT molecular complexity index is 3050. The van der Waals surface area contributed by atoms with E-state index in [0.29, 0.717) is 50.8 Å². The monoisotopic (exact) mass is 1440 g/mol. The van der Waals surface area contributed by atoms with Gasteiger partial charge in [0.1, 0.15) is 42.3 Å². The van der Waals surface area contributed by atoms with Gasteiger partial charge in [-0.05, 0) is 132 Å². The van der Waals surface area contributed by atoms with E-state index in [1.54, 1.807) is 25.8 Å². The van der Waals surface area contributed by atoms with Crippen molar-refractivity contribution in [2.75, 3.05) is 94.6 Å². The maximum atomic E-state index is 15.4. The highest BCUT2D eigenvalue weighted by Crippen LogP contribution is 2.36. The van der Waals surface area contributed by atoms with Gasteiger partial charge in [-0.15, -0.1) is 0 Å². The molecule has 1 aromatic rings. The van der Waals surface area contributed by atoms with Gasteiger partial charge in [0.2, 0.25) is 70.9 Å². The molecule has 8 atom stereocenters. The maximum absolute atomic E-state index is 15.4. The molecular formula is C73H114ClF3N12O12. The lowest BCUT2D eigenvalue weighted by atomic mass is 9.82. The third-order valence-electron chi connectivity index (χ3n) is 21.6. The van der Waals surface area contributed by atoms with Gasteiger partial charge in [0.15, 0.2) is 0 Å². The van der Waals surface area contributed by atoms with Crippen LogP contribution in [0.1, 0.15) is 193 Å². The Morgan fingerprint density at radius 2 is 1.25 bits per heavy atom. The predicted molar refractivity (Wildman–Crippen MR) is 376 cm³/mol. The summed E-state index contributed by atoms with van der Waals surface area (Å²) in [5.74, 6) is -7.80. The molecule has 2 aliphatic carbocycles. The molecule has 1 unspecified atom stereocenters. The zero-order valence-corrected chi connectivity index (χ0v) is 62.4. The van der Waals surface area contributed by atoms with Gasteiger partial charge in [-0.2, -0.15) is 13.2 Å². The van der Waals surface area contributed by atoms with Crippen molar-refractivity contribution < 1.29 is 70.7 Å². The molecule has 3 heterocycles. The van der Waals surface area contributed by atoms with Crippen LogP contribution in [0.5, 0.6) is 0 Å². The fourth-order valence-electron chi connectivity index (χ4n) is 14.9. The van der Waals surface area contributed by atoms with Crippen LogP contribution in [0, 0.1) is 23.7 Å². The number of nitrogens with zero attached hydrogens (tertiary/aromatic N) is 9. The quantitative estimate of drug-likeness (QED) is 0.198. The Morgan fingerprint density at radius 1 is 0.614 bits per heavy atom. The second kappa shape index (κ2) is 39.0. The van der Waals surface area contributed by atoms with Crippen molar-refractivity contribution >= 4 is 82.5 Å². The van der Waals surface area contributed by atoms with E-state index in [1.165, 1.54) is 70.7 Å². The van der Waals surface area contributed by atoms with E-state index in [9.17, 15) is 65.9 Å². The number of hydrogen-bond acceptors (Lipinski definition) is 12. The number of carbonyl (C=O) groups excluding carboxylic acids is 12. The lowest BCUT2D eigenvalue weighted by molar-refractivity contribution is -0.155. The number of rotatable bonds is 12. The zero-order chi connectivity index (χ0) is 74.6. The second-order valence-corrected chi connectivity index (χ2v) is 29.8. The van der Waals surface area contributed by atoms with Crippen LogP contribution in [-0.4, -0.2) is 252 Å². The number of carbonyl (C=O) groups is 12. The molecule has 3 N–H and O–H groups in total. The molecule has 5 fully saturated rings. The number of aryl methyl sites for hydroxylation is 1. The average molecular weight is 1440 g/mol. The molecule has 566 valence electrons. The standard InChI is InChI=1S/C73H114ClF3N12O12/c1-12-48(5)64-71(100)87(13-2)46-62(93)81(6)45-63(94)84(9)57(42-49-26-17-14-18-27-49)69(98)82(7)44-59(90)79-54(35-33-50-32-34-52(53(74)41-50)73(75,76)77)68(97)89-39-25-30-55(89)66(95)78-36-22-21-31-60(91)86(11)65(51-28-19-15-20-29-51)72(101)85(10)58(70(99)88-37-23-16-24-38-88)43-61(92)83(8)56(40-47(3)4)67(96)80-64/h32,34,41,47-49,51,54-58,64-65H,12-31,33,35-40,42-46H2,1-11H3,(H,78,95)(H,79,90)(H,80,96)/t48-,54-,55-,56-,57-,58-,64?,65-/m0/s1. The molecular weight excluding hydrogens is 1330 g/mol. The minimum atomic E-state index is -4.74. The van der Waals surface area contributed by atoms with Crippen molar-refractivity contribution in [3.8, 4) is 0 Å². The Balaban J connectivity index is 1.35. The molecule has 2 saturated carbocycles. The summed E-state index contributed by atoms with van der Waals surface area (Å²) in [4.78, 5) is 188. The van der Waals surface area contributed by atoms with Gasteiger partial charge in [0.25, 0.3) is 0 Å². The van der Waals surface area contributed by atoms with Gasteiger partial charge in [-0.25, -0.2) is 0 Å². The first-order valence-electron chi connectivity index (χ1n) is 36.9. The van der Waals surface area contributed by atoms with Gasteiger partial charge in [0, 0.05) is 81.4 Å². The fraction of sp³-hybridized carbons (Fsp3) is 0.753. The summed E-state index contributed by atoms with van der Waals surface area (Å²) in [5.41, 5.74) is -0.726. The molecule has 24 nitrogen and oxygen atoms in total. The molecule has 1 aromatic carbocycles. The summed E-state index contributed by atoms with van der Waals surface area (Å²) in [6.07, 6.45) is 7.18. The summed E-state index contributed by atoms with van der Waals surface area (Å²) < 4.78 is 41.3. The van der Waals surface area contributed by atoms with E-state index in [-0.39, 0.29) is 88.2 Å². The van der Waals surface area contributed by atoms with E-state index in [1.807, 2.05) is 20.8 Å². The molecule has 0 bridgehead atoms. The highest BCUT2D eigenvalue weighted by molar-refractivity contribution is 6.31. The molecule has 101 heavy (non-hydrogen) atoms. The van der Waals surface area contributed by atoms with Gasteiger partial charge in [0.05, 0.1) is 36.6 Å². The predicted octanol–water partition coefficient (Wildman–Crippen LogP) is 6.67. The fourth-order valence-corrected chi connectivity index (χ4v) is 15.3. The number of likely N-dealkylation sites (tertiary alicyclic amines) is 1. The van der Waals surface area contributed by atoms with Crippen LogP contribution >= 0.6 is 11.6 Å². The molecule has 3 aliphatic heterocycles. The van der Waals surface area contributed by atoms with Crippen LogP contribution in [0.15, 0.2) is 18.2 Å². The lowest BCUT2D eigenvalue weighted by Gasteiger charge is -2.41. The number of fused-ring (bicyclic) bond motifs is 1. The summed E-state index contributed by atoms with van der Waals surface area (Å²) in [6, 6.07) is -4.93. The van der Waals surface area contributed by atoms with Crippen molar-refractivity contribution in [2.45, 2.75) is 237 Å². The molecule has 12 amide bonds. The number of alkyl halides is 3. The Kier molecular flexibility index (Phi) is 32.0. The Labute approximate surface area is 600 Å². The van der Waals surface area contributed by atoms with Crippen LogP contribution in [0.25, 0.3) is 0 Å². The number of likely N-dealkylation sites (N-methyl/N-ethyl adjacent to an activating group) is 7. The molecule has 28 heteroatoms. The minimum Gasteiger partial charge on any atom is -0.354 e. The van der Waals surface area contributed by atoms with Gasteiger partial charge >= 0.3 is 6.18 Å². The third-order valence-corrected chi connectivity index (χ3v) is 21.9. The van der Waals surface area contributed by atoms with Crippen LogP contribution in [-0.2, 0) is 70.1 Å². The molecule has 6 rings (SSSR count). The maximum Gasteiger partial charge on any atom is 0.417 e. The van der Waals surface area contributed by atoms with Crippen LogP contribution in [0.2, 0.25) is 5.02 Å². The van der Waals surface area contributed by atoms with Crippen molar-refractivity contribution in [1.29, 1.82) is 0 Å². The molecule has 0 aromatic heterocycles. The van der Waals surface area contributed by atoms with Crippen molar-refractivity contribution in [2.24, 2.45) is 23.7 Å². The highest BCUT2D eigenvalue weighted by Gasteiger charge is 2.45. The SMILES string of the molecule is CC[C@H](C)C1NC(=O)[C@H](CC(C)C)N(C)C(=O)C[C@@H](C(=O)N2CCCCC2)N(C)C(=O)[C@H](C2CCCCC2)N(C)C(=O)CCCCNC(=O)[C@@H]2CCCN2C(=O)[C@H](CCc2ccc(C(F)(F)F)c(Cl)c2)NC(=O)CN(C)C(=O)[C@H](CC2CCCCC2)N(C)C(=O)CN(C)C(=O)CN(CC)C1=O. The normalized spacial score (nSPS) is 26.0. The van der Waals surface area contributed by atoms with E-state index < -0.39 is 156 Å². The highest BCUT2D eigenvalue weighted by atomic mass is 35.5. The summed E-state index contributed by atoms with van der Waals surface area (Å²) in [7, 11) is 8.75. The van der Waals surface area contributed by atoms with Crippen molar-refractivity contribution in [3.63, 3.8) is 0 Å². The van der Waals surface area contributed by atoms with Crippen LogP contribution in [0.4, 0.5) is 13.2 Å². The van der Waals surface area contributed by atoms with Crippen LogP contribution in [0.3, 0.4) is 0 Å². The molecule has 0 radical (unpaired) electrons. The second-order valence-electron chi connectivity index (χ2n) is 29.4. The number of piperidine rings is 1. The number of halogens is 4. The first-order valence-corrected chi connectivity index (χ1v) is 37.3. The number of amides is 12. The van der Waals surface area contributed by atoms with E-state index in [4.69, 9.17) is 11.6 Å². The number of hydrogen-bond donors (Lipinski definition) is 3. The van der Waals surface area contributed by atoms with E-state index in [0.717, 1.165) is 92.6 Å². The van der Waals surface area contributed by atoms with Crippen molar-refractivity contribution in [1.82, 2.24) is 60.0 Å². The van der Waals surface area contributed by atoms with E-state index >= 15 is 4.79 Å². The Morgan fingerprint density at radius 3 is 1.86 bits per heavy atom. The topological polar surface area (TPSA) is 270 Å². The first kappa shape index (κ1) is 82.9. The third kappa shape index (κ3) is 23.0. The number of nitrogens with one attached hydrogen (secondary N) is 3. The Hall–Kier alpha value is -7.06. The minimum absolute atomic E-state index is 0.0168. The van der Waals surface area contributed by atoms with Gasteiger partial charge < -0.3 is 60.0 Å². The smallest absolute Gasteiger partial charge is 0.354 e.